The summed E-state index contributed by atoms with van der Waals surface area (Å²) in [6, 6.07) is 5.70. The first-order valence-electron chi connectivity index (χ1n) is 7.30. The molecule has 106 valence electrons. The van der Waals surface area contributed by atoms with Crippen LogP contribution in [0.25, 0.3) is 0 Å². The highest BCUT2D eigenvalue weighted by Gasteiger charge is 2.34. The van der Waals surface area contributed by atoms with Gasteiger partial charge in [0.05, 0.1) is 10.7 Å². The first-order chi connectivity index (χ1) is 9.01. The fourth-order valence-electron chi connectivity index (χ4n) is 3.40. The second kappa shape index (κ2) is 6.04. The monoisotopic (exact) mass is 280 g/mol. The number of nitrogen functional groups attached to an aromatic ring is 1. The Morgan fingerprint density at radius 3 is 2.58 bits per heavy atom. The minimum absolute atomic E-state index is 0.457. The zero-order valence-electron chi connectivity index (χ0n) is 12.0. The van der Waals surface area contributed by atoms with E-state index in [0.717, 1.165) is 23.2 Å². The number of rotatable bonds is 5. The van der Waals surface area contributed by atoms with Crippen molar-refractivity contribution in [1.82, 2.24) is 0 Å². The summed E-state index contributed by atoms with van der Waals surface area (Å²) in [6.07, 6.45) is 6.70. The summed E-state index contributed by atoms with van der Waals surface area (Å²) >= 11 is 6.22. The molecule has 2 nitrogen and oxygen atoms in total. The Morgan fingerprint density at radius 2 is 2.00 bits per heavy atom. The molecule has 0 aromatic heterocycles. The molecule has 0 spiro atoms. The number of anilines is 2. The number of nitrogens with two attached hydrogens (primary N) is 1. The van der Waals surface area contributed by atoms with Gasteiger partial charge in [0.1, 0.15) is 0 Å². The van der Waals surface area contributed by atoms with Crippen LogP contribution in [0.4, 0.5) is 11.4 Å². The van der Waals surface area contributed by atoms with Crippen LogP contribution in [0, 0.1) is 11.3 Å². The first-order valence-corrected chi connectivity index (χ1v) is 7.67. The third-order valence-electron chi connectivity index (χ3n) is 4.15. The molecule has 1 aliphatic carbocycles. The van der Waals surface area contributed by atoms with Crippen molar-refractivity contribution in [3.05, 3.63) is 23.2 Å². The number of halogens is 1. The van der Waals surface area contributed by atoms with Gasteiger partial charge in [-0.25, -0.2) is 0 Å². The molecule has 0 heterocycles. The van der Waals surface area contributed by atoms with Crippen molar-refractivity contribution in [1.29, 1.82) is 0 Å². The Bertz CT molecular complexity index is 423. The molecule has 0 radical (unpaired) electrons. The standard InChI is InChI=1S/C16H25ClN2/c1-12(2)10-16(7-3-4-8-16)11-19-15-6-5-13(18)9-14(15)17/h5-6,9,12,19H,3-4,7-8,10-11,18H2,1-2H3. The molecule has 1 saturated carbocycles. The fraction of sp³-hybridized carbons (Fsp3) is 0.625. The lowest BCUT2D eigenvalue weighted by atomic mass is 9.78. The summed E-state index contributed by atoms with van der Waals surface area (Å²) in [4.78, 5) is 0. The van der Waals surface area contributed by atoms with Crippen molar-refractivity contribution >= 4 is 23.0 Å². The van der Waals surface area contributed by atoms with Gasteiger partial charge in [0.15, 0.2) is 0 Å². The van der Waals surface area contributed by atoms with Gasteiger partial charge in [-0.1, -0.05) is 38.3 Å². The smallest absolute Gasteiger partial charge is 0.0657 e. The molecular formula is C16H25ClN2. The Labute approximate surface area is 121 Å². The van der Waals surface area contributed by atoms with E-state index >= 15 is 0 Å². The van der Waals surface area contributed by atoms with E-state index in [1.165, 1.54) is 32.1 Å². The molecule has 0 amide bonds. The number of benzene rings is 1. The SMILES string of the molecule is CC(C)CC1(CNc2ccc(N)cc2Cl)CCCC1. The maximum absolute atomic E-state index is 6.22. The second-order valence-electron chi connectivity index (χ2n) is 6.40. The molecule has 0 atom stereocenters. The average molecular weight is 281 g/mol. The van der Waals surface area contributed by atoms with E-state index in [1.807, 2.05) is 18.2 Å². The van der Waals surface area contributed by atoms with Crippen molar-refractivity contribution in [2.75, 3.05) is 17.6 Å². The van der Waals surface area contributed by atoms with Crippen LogP contribution in [0.1, 0.15) is 46.0 Å². The fourth-order valence-corrected chi connectivity index (χ4v) is 3.66. The second-order valence-corrected chi connectivity index (χ2v) is 6.81. The van der Waals surface area contributed by atoms with Crippen molar-refractivity contribution in [2.24, 2.45) is 11.3 Å². The molecule has 0 saturated heterocycles. The summed E-state index contributed by atoms with van der Waals surface area (Å²) in [5.74, 6) is 0.752. The zero-order valence-corrected chi connectivity index (χ0v) is 12.8. The predicted molar refractivity (Wildman–Crippen MR) is 84.7 cm³/mol. The molecule has 1 fully saturated rings. The van der Waals surface area contributed by atoms with Gasteiger partial charge >= 0.3 is 0 Å². The topological polar surface area (TPSA) is 38.0 Å². The largest absolute Gasteiger partial charge is 0.399 e. The van der Waals surface area contributed by atoms with Crippen LogP contribution in [0.2, 0.25) is 5.02 Å². The quantitative estimate of drug-likeness (QED) is 0.750. The third-order valence-corrected chi connectivity index (χ3v) is 4.47. The van der Waals surface area contributed by atoms with E-state index in [2.05, 4.69) is 19.2 Å². The van der Waals surface area contributed by atoms with Crippen molar-refractivity contribution in [3.63, 3.8) is 0 Å². The minimum atomic E-state index is 0.457. The summed E-state index contributed by atoms with van der Waals surface area (Å²) in [6.45, 7) is 5.65. The molecule has 1 aromatic carbocycles. The van der Waals surface area contributed by atoms with Crippen LogP contribution >= 0.6 is 11.6 Å². The zero-order chi connectivity index (χ0) is 13.9. The van der Waals surface area contributed by atoms with E-state index < -0.39 is 0 Å². The lowest BCUT2D eigenvalue weighted by Gasteiger charge is -2.31. The van der Waals surface area contributed by atoms with Gasteiger partial charge in [-0.3, -0.25) is 0 Å². The Hall–Kier alpha value is -0.890. The van der Waals surface area contributed by atoms with Crippen molar-refractivity contribution in [2.45, 2.75) is 46.0 Å². The Morgan fingerprint density at radius 1 is 1.32 bits per heavy atom. The molecule has 1 aliphatic rings. The van der Waals surface area contributed by atoms with Crippen LogP contribution in [0.5, 0.6) is 0 Å². The molecule has 19 heavy (non-hydrogen) atoms. The van der Waals surface area contributed by atoms with Crippen LogP contribution in [-0.2, 0) is 0 Å². The number of nitrogens with one attached hydrogen (secondary N) is 1. The van der Waals surface area contributed by atoms with Crippen LogP contribution < -0.4 is 11.1 Å². The van der Waals surface area contributed by atoms with Gasteiger partial charge < -0.3 is 11.1 Å². The van der Waals surface area contributed by atoms with Crippen LogP contribution in [0.15, 0.2) is 18.2 Å². The Balaban J connectivity index is 2.02. The van der Waals surface area contributed by atoms with E-state index in [-0.39, 0.29) is 0 Å². The van der Waals surface area contributed by atoms with E-state index in [4.69, 9.17) is 17.3 Å². The van der Waals surface area contributed by atoms with Gasteiger partial charge in [0, 0.05) is 12.2 Å². The molecule has 3 N–H and O–H groups in total. The lowest BCUT2D eigenvalue weighted by Crippen LogP contribution is -2.28. The molecule has 0 aliphatic heterocycles. The van der Waals surface area contributed by atoms with Gasteiger partial charge in [-0.15, -0.1) is 0 Å². The highest BCUT2D eigenvalue weighted by Crippen LogP contribution is 2.43. The maximum atomic E-state index is 6.22. The number of hydrogen-bond acceptors (Lipinski definition) is 2. The third kappa shape index (κ3) is 3.79. The van der Waals surface area contributed by atoms with Crippen molar-refractivity contribution in [3.8, 4) is 0 Å². The lowest BCUT2D eigenvalue weighted by molar-refractivity contribution is 0.252. The van der Waals surface area contributed by atoms with E-state index in [0.29, 0.717) is 11.1 Å². The molecule has 0 unspecified atom stereocenters. The van der Waals surface area contributed by atoms with Crippen LogP contribution in [-0.4, -0.2) is 6.54 Å². The van der Waals surface area contributed by atoms with Crippen LogP contribution in [0.3, 0.4) is 0 Å². The summed E-state index contributed by atoms with van der Waals surface area (Å²) < 4.78 is 0. The average Bonchev–Trinajstić information content (AvgIpc) is 2.76. The molecule has 2 rings (SSSR count). The molecule has 1 aromatic rings. The van der Waals surface area contributed by atoms with Gasteiger partial charge in [-0.05, 0) is 48.8 Å². The van der Waals surface area contributed by atoms with Gasteiger partial charge in [0.2, 0.25) is 0 Å². The molecular weight excluding hydrogens is 256 g/mol. The minimum Gasteiger partial charge on any atom is -0.399 e. The van der Waals surface area contributed by atoms with Gasteiger partial charge in [-0.2, -0.15) is 0 Å². The van der Waals surface area contributed by atoms with E-state index in [1.54, 1.807) is 0 Å². The van der Waals surface area contributed by atoms with Crippen molar-refractivity contribution < 1.29 is 0 Å². The number of hydrogen-bond donors (Lipinski definition) is 2. The summed E-state index contributed by atoms with van der Waals surface area (Å²) in [7, 11) is 0. The van der Waals surface area contributed by atoms with E-state index in [9.17, 15) is 0 Å². The summed E-state index contributed by atoms with van der Waals surface area (Å²) in [5.41, 5.74) is 7.90. The van der Waals surface area contributed by atoms with Gasteiger partial charge in [0.25, 0.3) is 0 Å². The molecule has 3 heteroatoms. The first kappa shape index (κ1) is 14.5. The Kier molecular flexibility index (Phi) is 4.62. The summed E-state index contributed by atoms with van der Waals surface area (Å²) in [5, 5.41) is 4.26. The highest BCUT2D eigenvalue weighted by atomic mass is 35.5. The normalized spacial score (nSPS) is 17.9. The highest BCUT2D eigenvalue weighted by molar-refractivity contribution is 6.33. The maximum Gasteiger partial charge on any atom is 0.0657 e. The molecule has 0 bridgehead atoms. The predicted octanol–water partition coefficient (Wildman–Crippen LogP) is 4.94.